The molecule has 0 N–H and O–H groups in total. The van der Waals surface area contributed by atoms with E-state index in [1.807, 2.05) is 34.6 Å². The summed E-state index contributed by atoms with van der Waals surface area (Å²) in [6, 6.07) is 0. The Hall–Kier alpha value is -0.650. The minimum absolute atomic E-state index is 0.137. The van der Waals surface area contributed by atoms with Crippen molar-refractivity contribution >= 4 is 5.71 Å². The Balaban J connectivity index is 1.96. The van der Waals surface area contributed by atoms with Crippen molar-refractivity contribution in [3.05, 3.63) is 0 Å². The Morgan fingerprint density at radius 3 is 2.76 bits per heavy atom. The van der Waals surface area contributed by atoms with Crippen molar-refractivity contribution in [2.24, 2.45) is 5.16 Å². The smallest absolute Gasteiger partial charge is 0.182 e. The summed E-state index contributed by atoms with van der Waals surface area (Å²) >= 11 is 0. The quantitative estimate of drug-likeness (QED) is 0.740. The summed E-state index contributed by atoms with van der Waals surface area (Å²) < 4.78 is 17.0. The molecular formula is C12H21NO4. The predicted molar refractivity (Wildman–Crippen MR) is 62.9 cm³/mol. The monoisotopic (exact) mass is 243 g/mol. The van der Waals surface area contributed by atoms with Gasteiger partial charge >= 0.3 is 0 Å². The van der Waals surface area contributed by atoms with Gasteiger partial charge in [0.25, 0.3) is 0 Å². The molecule has 0 aromatic heterocycles. The molecule has 2 rings (SSSR count). The van der Waals surface area contributed by atoms with Gasteiger partial charge in [-0.25, -0.2) is 0 Å². The Labute approximate surface area is 102 Å². The van der Waals surface area contributed by atoms with Crippen LogP contribution in [0, 0.1) is 0 Å². The van der Waals surface area contributed by atoms with Crippen LogP contribution >= 0.6 is 0 Å². The topological polar surface area (TPSA) is 49.3 Å². The highest BCUT2D eigenvalue weighted by molar-refractivity contribution is 5.91. The molecule has 2 atom stereocenters. The molecule has 2 aliphatic rings. The molecule has 0 saturated carbocycles. The van der Waals surface area contributed by atoms with Gasteiger partial charge in [0.2, 0.25) is 0 Å². The fourth-order valence-corrected chi connectivity index (χ4v) is 1.74. The van der Waals surface area contributed by atoms with Gasteiger partial charge in [0.05, 0.1) is 18.8 Å². The van der Waals surface area contributed by atoms with Gasteiger partial charge in [0.1, 0.15) is 11.8 Å². The van der Waals surface area contributed by atoms with Gasteiger partial charge in [0.15, 0.2) is 11.9 Å². The minimum atomic E-state index is -0.586. The van der Waals surface area contributed by atoms with Gasteiger partial charge in [-0.1, -0.05) is 5.16 Å². The van der Waals surface area contributed by atoms with Crippen LogP contribution in [0.15, 0.2) is 5.16 Å². The number of hydrogen-bond donors (Lipinski definition) is 0. The molecule has 5 nitrogen and oxygen atoms in total. The first-order valence-electron chi connectivity index (χ1n) is 5.95. The molecule has 0 radical (unpaired) electrons. The van der Waals surface area contributed by atoms with Crippen LogP contribution in [-0.4, -0.2) is 42.5 Å². The van der Waals surface area contributed by atoms with Gasteiger partial charge in [-0.2, -0.15) is 0 Å². The number of hydrogen-bond acceptors (Lipinski definition) is 5. The minimum Gasteiger partial charge on any atom is -0.387 e. The van der Waals surface area contributed by atoms with E-state index in [1.54, 1.807) is 0 Å². The maximum atomic E-state index is 5.82. The zero-order valence-corrected chi connectivity index (χ0v) is 11.1. The molecule has 0 aliphatic carbocycles. The van der Waals surface area contributed by atoms with E-state index >= 15 is 0 Å². The third kappa shape index (κ3) is 3.18. The standard InChI is InChI=1S/C12H21NO4/c1-11(2,3)14-6-8-10-9(17-13-8)7-15-12(4,5)16-10/h9-10H,6-7H2,1-5H3. The van der Waals surface area contributed by atoms with Gasteiger partial charge in [-0.3, -0.25) is 0 Å². The lowest BCUT2D eigenvalue weighted by Gasteiger charge is -2.36. The summed E-state index contributed by atoms with van der Waals surface area (Å²) in [5.74, 6) is -0.586. The lowest BCUT2D eigenvalue weighted by Crippen LogP contribution is -2.50. The Morgan fingerprint density at radius 2 is 2.12 bits per heavy atom. The summed E-state index contributed by atoms with van der Waals surface area (Å²) in [7, 11) is 0. The number of nitrogens with zero attached hydrogens (tertiary/aromatic N) is 1. The van der Waals surface area contributed by atoms with Crippen LogP contribution < -0.4 is 0 Å². The molecule has 0 amide bonds. The molecule has 0 aromatic rings. The van der Waals surface area contributed by atoms with E-state index in [4.69, 9.17) is 19.0 Å². The van der Waals surface area contributed by atoms with Crippen LogP contribution in [0.2, 0.25) is 0 Å². The predicted octanol–water partition coefficient (Wildman–Crippen LogP) is 1.71. The van der Waals surface area contributed by atoms with Crippen molar-refractivity contribution in [3.8, 4) is 0 Å². The molecule has 98 valence electrons. The molecule has 1 saturated heterocycles. The molecule has 2 heterocycles. The van der Waals surface area contributed by atoms with Crippen LogP contribution in [0.1, 0.15) is 34.6 Å². The molecule has 2 aliphatic heterocycles. The summed E-state index contributed by atoms with van der Waals surface area (Å²) in [4.78, 5) is 5.29. The average Bonchev–Trinajstić information content (AvgIpc) is 2.54. The SMILES string of the molecule is CC(C)(C)OCC1=NOC2COC(C)(C)OC12. The first-order valence-corrected chi connectivity index (χ1v) is 5.95. The van der Waals surface area contributed by atoms with Crippen molar-refractivity contribution in [3.63, 3.8) is 0 Å². The lowest BCUT2D eigenvalue weighted by molar-refractivity contribution is -0.288. The second kappa shape index (κ2) is 4.23. The Bertz CT molecular complexity index is 319. The van der Waals surface area contributed by atoms with E-state index < -0.39 is 5.79 Å². The van der Waals surface area contributed by atoms with Gasteiger partial charge in [-0.15, -0.1) is 0 Å². The normalized spacial score (nSPS) is 31.7. The van der Waals surface area contributed by atoms with E-state index in [0.29, 0.717) is 13.2 Å². The molecule has 1 fully saturated rings. The summed E-state index contributed by atoms with van der Waals surface area (Å²) in [6.45, 7) is 10.7. The molecule has 17 heavy (non-hydrogen) atoms. The van der Waals surface area contributed by atoms with Crippen LogP contribution in [0.3, 0.4) is 0 Å². The molecular weight excluding hydrogens is 222 g/mol. The molecule has 5 heteroatoms. The van der Waals surface area contributed by atoms with E-state index in [0.717, 1.165) is 5.71 Å². The lowest BCUT2D eigenvalue weighted by atomic mass is 10.1. The zero-order valence-electron chi connectivity index (χ0n) is 11.1. The van der Waals surface area contributed by atoms with Crippen molar-refractivity contribution in [1.82, 2.24) is 0 Å². The second-order valence-corrected chi connectivity index (χ2v) is 5.88. The second-order valence-electron chi connectivity index (χ2n) is 5.88. The van der Waals surface area contributed by atoms with Crippen molar-refractivity contribution < 1.29 is 19.0 Å². The maximum absolute atomic E-state index is 5.82. The van der Waals surface area contributed by atoms with Crippen molar-refractivity contribution in [2.75, 3.05) is 13.2 Å². The highest BCUT2D eigenvalue weighted by Crippen LogP contribution is 2.28. The maximum Gasteiger partial charge on any atom is 0.182 e. The third-order valence-corrected chi connectivity index (χ3v) is 2.63. The largest absolute Gasteiger partial charge is 0.387 e. The Kier molecular flexibility index (Phi) is 3.18. The van der Waals surface area contributed by atoms with Crippen LogP contribution in [0.5, 0.6) is 0 Å². The molecule has 2 unspecified atom stereocenters. The summed E-state index contributed by atoms with van der Waals surface area (Å²) in [6.07, 6.45) is -0.289. The van der Waals surface area contributed by atoms with E-state index in [2.05, 4.69) is 5.16 Å². The number of oxime groups is 1. The zero-order chi connectivity index (χ0) is 12.7. The van der Waals surface area contributed by atoms with Crippen molar-refractivity contribution in [1.29, 1.82) is 0 Å². The summed E-state index contributed by atoms with van der Waals surface area (Å²) in [5.41, 5.74) is 0.614. The van der Waals surface area contributed by atoms with Gasteiger partial charge in [0, 0.05) is 0 Å². The number of rotatable bonds is 2. The van der Waals surface area contributed by atoms with Crippen molar-refractivity contribution in [2.45, 2.75) is 58.2 Å². The fraction of sp³-hybridized carbons (Fsp3) is 0.917. The highest BCUT2D eigenvalue weighted by atomic mass is 16.8. The highest BCUT2D eigenvalue weighted by Gasteiger charge is 2.44. The number of ether oxygens (including phenoxy) is 3. The third-order valence-electron chi connectivity index (χ3n) is 2.63. The summed E-state index contributed by atoms with van der Waals surface area (Å²) in [5, 5.41) is 4.04. The van der Waals surface area contributed by atoms with Crippen LogP contribution in [0.4, 0.5) is 0 Å². The van der Waals surface area contributed by atoms with E-state index in [-0.39, 0.29) is 17.8 Å². The Morgan fingerprint density at radius 1 is 1.41 bits per heavy atom. The molecule has 0 bridgehead atoms. The molecule has 0 spiro atoms. The fourth-order valence-electron chi connectivity index (χ4n) is 1.74. The number of fused-ring (bicyclic) bond motifs is 1. The first kappa shape index (κ1) is 12.8. The molecule has 0 aromatic carbocycles. The van der Waals surface area contributed by atoms with Gasteiger partial charge < -0.3 is 19.0 Å². The first-order chi connectivity index (χ1) is 7.77. The average molecular weight is 243 g/mol. The van der Waals surface area contributed by atoms with Crippen LogP contribution in [-0.2, 0) is 19.0 Å². The van der Waals surface area contributed by atoms with Gasteiger partial charge in [-0.05, 0) is 34.6 Å². The van der Waals surface area contributed by atoms with E-state index in [9.17, 15) is 0 Å². The van der Waals surface area contributed by atoms with E-state index in [1.165, 1.54) is 0 Å². The van der Waals surface area contributed by atoms with Crippen LogP contribution in [0.25, 0.3) is 0 Å².